The van der Waals surface area contributed by atoms with Gasteiger partial charge in [0.05, 0.1) is 19.9 Å². The predicted octanol–water partition coefficient (Wildman–Crippen LogP) is 2.63. The van der Waals surface area contributed by atoms with Gasteiger partial charge in [0.2, 0.25) is 0 Å². The molecular weight excluding hydrogens is 228 g/mol. The van der Waals surface area contributed by atoms with E-state index in [1.807, 2.05) is 32.0 Å². The van der Waals surface area contributed by atoms with E-state index in [9.17, 15) is 0 Å². The Bertz CT molecular complexity index is 373. The number of nitrogens with two attached hydrogens (primary N) is 1. The van der Waals surface area contributed by atoms with E-state index in [1.54, 1.807) is 14.2 Å². The van der Waals surface area contributed by atoms with E-state index in [0.29, 0.717) is 0 Å². The quantitative estimate of drug-likeness (QED) is 0.732. The van der Waals surface area contributed by atoms with Crippen molar-refractivity contribution in [1.29, 1.82) is 0 Å². The van der Waals surface area contributed by atoms with Gasteiger partial charge in [-0.1, -0.05) is 0 Å². The van der Waals surface area contributed by atoms with Crippen LogP contribution in [0.15, 0.2) is 18.2 Å². The summed E-state index contributed by atoms with van der Waals surface area (Å²) >= 11 is 0. The van der Waals surface area contributed by atoms with E-state index in [-0.39, 0.29) is 5.54 Å². The summed E-state index contributed by atoms with van der Waals surface area (Å²) in [6.45, 7) is 4.96. The summed E-state index contributed by atoms with van der Waals surface area (Å²) in [5.74, 6) is 1.59. The first kappa shape index (κ1) is 14.6. The van der Waals surface area contributed by atoms with Gasteiger partial charge in [0, 0.05) is 18.2 Å². The Kier molecular flexibility index (Phi) is 5.28. The molecular formula is C14H24N2O2. The average molecular weight is 252 g/mol. The van der Waals surface area contributed by atoms with Crippen molar-refractivity contribution in [2.45, 2.75) is 32.2 Å². The van der Waals surface area contributed by atoms with Crippen LogP contribution in [0.4, 0.5) is 5.69 Å². The van der Waals surface area contributed by atoms with Gasteiger partial charge < -0.3 is 20.5 Å². The number of ether oxygens (including phenoxy) is 2. The second-order valence-electron chi connectivity index (χ2n) is 5.09. The van der Waals surface area contributed by atoms with Crippen LogP contribution in [0.25, 0.3) is 0 Å². The molecule has 0 heterocycles. The normalized spacial score (nSPS) is 11.2. The zero-order valence-electron chi connectivity index (χ0n) is 11.7. The lowest BCUT2D eigenvalue weighted by Gasteiger charge is -2.18. The van der Waals surface area contributed by atoms with Gasteiger partial charge in [0.15, 0.2) is 0 Å². The van der Waals surface area contributed by atoms with Gasteiger partial charge in [-0.05, 0) is 38.8 Å². The predicted molar refractivity (Wildman–Crippen MR) is 75.5 cm³/mol. The zero-order valence-corrected chi connectivity index (χ0v) is 11.7. The Morgan fingerprint density at radius 1 is 1.22 bits per heavy atom. The molecule has 3 N–H and O–H groups in total. The van der Waals surface area contributed by atoms with Crippen LogP contribution >= 0.6 is 0 Å². The largest absolute Gasteiger partial charge is 0.497 e. The third-order valence-electron chi connectivity index (χ3n) is 2.72. The Balaban J connectivity index is 2.51. The molecule has 0 radical (unpaired) electrons. The highest BCUT2D eigenvalue weighted by Gasteiger charge is 2.10. The van der Waals surface area contributed by atoms with Crippen molar-refractivity contribution in [3.63, 3.8) is 0 Å². The monoisotopic (exact) mass is 252 g/mol. The third-order valence-corrected chi connectivity index (χ3v) is 2.72. The van der Waals surface area contributed by atoms with Gasteiger partial charge in [0.1, 0.15) is 11.5 Å². The maximum Gasteiger partial charge on any atom is 0.145 e. The van der Waals surface area contributed by atoms with Crippen molar-refractivity contribution in [3.05, 3.63) is 18.2 Å². The molecule has 4 nitrogen and oxygen atoms in total. The summed E-state index contributed by atoms with van der Waals surface area (Å²) < 4.78 is 10.5. The minimum Gasteiger partial charge on any atom is -0.497 e. The van der Waals surface area contributed by atoms with Crippen molar-refractivity contribution >= 4 is 5.69 Å². The molecule has 1 aromatic rings. The molecule has 0 aliphatic heterocycles. The summed E-state index contributed by atoms with van der Waals surface area (Å²) in [7, 11) is 3.30. The Morgan fingerprint density at radius 3 is 2.50 bits per heavy atom. The molecule has 0 saturated carbocycles. The maximum absolute atomic E-state index is 5.94. The van der Waals surface area contributed by atoms with Crippen molar-refractivity contribution in [3.8, 4) is 11.5 Å². The summed E-state index contributed by atoms with van der Waals surface area (Å²) in [6.07, 6.45) is 2.01. The number of anilines is 1. The molecule has 18 heavy (non-hydrogen) atoms. The smallest absolute Gasteiger partial charge is 0.145 e. The fourth-order valence-electron chi connectivity index (χ4n) is 1.71. The number of rotatable bonds is 7. The lowest BCUT2D eigenvalue weighted by atomic mass is 10.0. The highest BCUT2D eigenvalue weighted by Crippen LogP contribution is 2.28. The summed E-state index contributed by atoms with van der Waals surface area (Å²) in [5.41, 5.74) is 6.81. The lowest BCUT2D eigenvalue weighted by Crippen LogP contribution is -2.32. The first-order valence-electron chi connectivity index (χ1n) is 6.21. The van der Waals surface area contributed by atoms with Crippen LogP contribution < -0.4 is 20.5 Å². The fourth-order valence-corrected chi connectivity index (χ4v) is 1.71. The van der Waals surface area contributed by atoms with E-state index < -0.39 is 0 Å². The number of hydrogen-bond acceptors (Lipinski definition) is 4. The molecule has 0 aliphatic carbocycles. The van der Waals surface area contributed by atoms with Crippen molar-refractivity contribution in [2.75, 3.05) is 26.1 Å². The van der Waals surface area contributed by atoms with Crippen LogP contribution in [-0.4, -0.2) is 26.3 Å². The maximum atomic E-state index is 5.94. The van der Waals surface area contributed by atoms with Crippen LogP contribution in [0.3, 0.4) is 0 Å². The standard InChI is InChI=1S/C14H24N2O2/c1-14(2,15)8-5-9-16-12-7-6-11(17-3)10-13(12)18-4/h6-7,10,16H,5,8-9,15H2,1-4H3. The van der Waals surface area contributed by atoms with Crippen molar-refractivity contribution in [1.82, 2.24) is 0 Å². The van der Waals surface area contributed by atoms with Crippen LogP contribution in [0.5, 0.6) is 11.5 Å². The fraction of sp³-hybridized carbons (Fsp3) is 0.571. The second kappa shape index (κ2) is 6.50. The molecule has 0 saturated heterocycles. The highest BCUT2D eigenvalue weighted by atomic mass is 16.5. The molecule has 0 amide bonds. The molecule has 0 atom stereocenters. The second-order valence-corrected chi connectivity index (χ2v) is 5.09. The molecule has 0 aliphatic rings. The van der Waals surface area contributed by atoms with E-state index in [0.717, 1.165) is 36.6 Å². The number of methoxy groups -OCH3 is 2. The molecule has 0 fully saturated rings. The minimum absolute atomic E-state index is 0.105. The summed E-state index contributed by atoms with van der Waals surface area (Å²) in [4.78, 5) is 0. The zero-order chi connectivity index (χ0) is 13.6. The molecule has 4 heteroatoms. The molecule has 0 unspecified atom stereocenters. The first-order chi connectivity index (χ1) is 8.46. The lowest BCUT2D eigenvalue weighted by molar-refractivity contribution is 0.395. The number of nitrogens with one attached hydrogen (secondary N) is 1. The van der Waals surface area contributed by atoms with Gasteiger partial charge in [-0.25, -0.2) is 0 Å². The molecule has 1 aromatic carbocycles. The van der Waals surface area contributed by atoms with Crippen molar-refractivity contribution < 1.29 is 9.47 Å². The summed E-state index contributed by atoms with van der Waals surface area (Å²) in [5, 5.41) is 3.35. The first-order valence-corrected chi connectivity index (χ1v) is 6.21. The Labute approximate surface area is 109 Å². The summed E-state index contributed by atoms with van der Waals surface area (Å²) in [6, 6.07) is 5.75. The van der Waals surface area contributed by atoms with Crippen molar-refractivity contribution in [2.24, 2.45) is 5.73 Å². The van der Waals surface area contributed by atoms with E-state index in [1.165, 1.54) is 0 Å². The van der Waals surface area contributed by atoms with Crippen LogP contribution in [0.1, 0.15) is 26.7 Å². The Hall–Kier alpha value is -1.42. The number of benzene rings is 1. The molecule has 1 rings (SSSR count). The van der Waals surface area contributed by atoms with Crippen LogP contribution in [-0.2, 0) is 0 Å². The molecule has 102 valence electrons. The van der Waals surface area contributed by atoms with E-state index >= 15 is 0 Å². The van der Waals surface area contributed by atoms with Gasteiger partial charge in [0.25, 0.3) is 0 Å². The SMILES string of the molecule is COc1ccc(NCCCC(C)(C)N)c(OC)c1. The van der Waals surface area contributed by atoms with E-state index in [4.69, 9.17) is 15.2 Å². The Morgan fingerprint density at radius 2 is 1.94 bits per heavy atom. The van der Waals surface area contributed by atoms with Gasteiger partial charge >= 0.3 is 0 Å². The molecule has 0 bridgehead atoms. The van der Waals surface area contributed by atoms with E-state index in [2.05, 4.69) is 5.32 Å². The topological polar surface area (TPSA) is 56.5 Å². The van der Waals surface area contributed by atoms with Crippen LogP contribution in [0.2, 0.25) is 0 Å². The average Bonchev–Trinajstić information content (AvgIpc) is 2.33. The highest BCUT2D eigenvalue weighted by molar-refractivity contribution is 5.59. The minimum atomic E-state index is -0.105. The van der Waals surface area contributed by atoms with Gasteiger partial charge in [-0.3, -0.25) is 0 Å². The third kappa shape index (κ3) is 4.84. The molecule has 0 aromatic heterocycles. The molecule has 0 spiro atoms. The van der Waals surface area contributed by atoms with Crippen LogP contribution in [0, 0.1) is 0 Å². The van der Waals surface area contributed by atoms with Gasteiger partial charge in [-0.2, -0.15) is 0 Å². The van der Waals surface area contributed by atoms with Gasteiger partial charge in [-0.15, -0.1) is 0 Å². The number of hydrogen-bond donors (Lipinski definition) is 2.